The molecular formula is C14H19N3O3. The zero-order valence-electron chi connectivity index (χ0n) is 11.5. The Kier molecular flexibility index (Phi) is 4.55. The number of likely N-dealkylation sites (tertiary alicyclic amines) is 1. The maximum absolute atomic E-state index is 11.9. The standard InChI is InChI=1S/C14H19N3O3/c1-10(18)17-6-2-3-11(9-17)7-16-14(20)12-4-5-15-8-13(12)19/h4-5,8,11,19H,2-3,6-7,9H2,1H3,(H,16,20)/t11-/m0/s1. The van der Waals surface area contributed by atoms with Gasteiger partial charge in [-0.3, -0.25) is 14.6 Å². The Labute approximate surface area is 117 Å². The largest absolute Gasteiger partial charge is 0.505 e. The van der Waals surface area contributed by atoms with E-state index < -0.39 is 0 Å². The molecule has 0 aromatic carbocycles. The van der Waals surface area contributed by atoms with Gasteiger partial charge in [0.15, 0.2) is 0 Å². The van der Waals surface area contributed by atoms with Crippen LogP contribution in [-0.4, -0.2) is 46.4 Å². The minimum atomic E-state index is -0.315. The lowest BCUT2D eigenvalue weighted by Gasteiger charge is -2.32. The van der Waals surface area contributed by atoms with E-state index in [0.29, 0.717) is 13.1 Å². The number of carbonyl (C=O) groups excluding carboxylic acids is 2. The Balaban J connectivity index is 1.87. The van der Waals surface area contributed by atoms with Gasteiger partial charge in [0.1, 0.15) is 5.75 Å². The Morgan fingerprint density at radius 3 is 3.05 bits per heavy atom. The summed E-state index contributed by atoms with van der Waals surface area (Å²) in [6, 6.07) is 1.48. The van der Waals surface area contributed by atoms with Crippen molar-refractivity contribution in [3.05, 3.63) is 24.0 Å². The van der Waals surface area contributed by atoms with Gasteiger partial charge in [-0.1, -0.05) is 0 Å². The average Bonchev–Trinajstić information content (AvgIpc) is 2.45. The van der Waals surface area contributed by atoms with E-state index in [-0.39, 0.29) is 29.0 Å². The third-order valence-corrected chi connectivity index (χ3v) is 3.56. The quantitative estimate of drug-likeness (QED) is 0.855. The van der Waals surface area contributed by atoms with Crippen molar-refractivity contribution in [1.29, 1.82) is 0 Å². The highest BCUT2D eigenvalue weighted by atomic mass is 16.3. The number of hydrogen-bond acceptors (Lipinski definition) is 4. The van der Waals surface area contributed by atoms with E-state index in [9.17, 15) is 14.7 Å². The van der Waals surface area contributed by atoms with Gasteiger partial charge in [0.2, 0.25) is 5.91 Å². The fourth-order valence-corrected chi connectivity index (χ4v) is 2.43. The number of amides is 2. The van der Waals surface area contributed by atoms with Crippen LogP contribution in [0.1, 0.15) is 30.1 Å². The smallest absolute Gasteiger partial charge is 0.255 e. The van der Waals surface area contributed by atoms with Gasteiger partial charge in [-0.05, 0) is 24.8 Å². The number of pyridine rings is 1. The lowest BCUT2D eigenvalue weighted by molar-refractivity contribution is -0.130. The van der Waals surface area contributed by atoms with Gasteiger partial charge in [0, 0.05) is 32.8 Å². The van der Waals surface area contributed by atoms with E-state index in [0.717, 1.165) is 19.4 Å². The highest BCUT2D eigenvalue weighted by Crippen LogP contribution is 2.17. The fraction of sp³-hybridized carbons (Fsp3) is 0.500. The van der Waals surface area contributed by atoms with E-state index in [1.807, 2.05) is 4.90 Å². The van der Waals surface area contributed by atoms with Crippen LogP contribution in [0.4, 0.5) is 0 Å². The molecule has 2 N–H and O–H groups in total. The Bertz CT molecular complexity index is 504. The molecule has 2 amide bonds. The molecule has 108 valence electrons. The molecule has 1 fully saturated rings. The number of carbonyl (C=O) groups is 2. The number of rotatable bonds is 3. The predicted octanol–water partition coefficient (Wildman–Crippen LogP) is 0.775. The second kappa shape index (κ2) is 6.36. The zero-order chi connectivity index (χ0) is 14.5. The van der Waals surface area contributed by atoms with Gasteiger partial charge in [-0.2, -0.15) is 0 Å². The molecule has 6 nitrogen and oxygen atoms in total. The fourth-order valence-electron chi connectivity index (χ4n) is 2.43. The third-order valence-electron chi connectivity index (χ3n) is 3.56. The minimum absolute atomic E-state index is 0.0767. The van der Waals surface area contributed by atoms with Crippen molar-refractivity contribution in [2.45, 2.75) is 19.8 Å². The van der Waals surface area contributed by atoms with Crippen LogP contribution in [0, 0.1) is 5.92 Å². The summed E-state index contributed by atoms with van der Waals surface area (Å²) in [6.07, 6.45) is 4.66. The summed E-state index contributed by atoms with van der Waals surface area (Å²) in [7, 11) is 0. The number of aromatic hydroxyl groups is 1. The van der Waals surface area contributed by atoms with Gasteiger partial charge in [-0.25, -0.2) is 0 Å². The maximum atomic E-state index is 11.9. The topological polar surface area (TPSA) is 82.5 Å². The lowest BCUT2D eigenvalue weighted by Crippen LogP contribution is -2.42. The van der Waals surface area contributed by atoms with Crippen LogP contribution in [0.15, 0.2) is 18.5 Å². The van der Waals surface area contributed by atoms with Gasteiger partial charge in [0.25, 0.3) is 5.91 Å². The van der Waals surface area contributed by atoms with Crippen LogP contribution >= 0.6 is 0 Å². The first-order valence-electron chi connectivity index (χ1n) is 6.74. The molecule has 0 bridgehead atoms. The first-order chi connectivity index (χ1) is 9.58. The summed E-state index contributed by atoms with van der Waals surface area (Å²) >= 11 is 0. The molecule has 6 heteroatoms. The first kappa shape index (κ1) is 14.3. The normalized spacial score (nSPS) is 18.6. The number of piperidine rings is 1. The second-order valence-electron chi connectivity index (χ2n) is 5.08. The van der Waals surface area contributed by atoms with Gasteiger partial charge in [-0.15, -0.1) is 0 Å². The van der Waals surface area contributed by atoms with Crippen LogP contribution in [0.25, 0.3) is 0 Å². The van der Waals surface area contributed by atoms with Crippen LogP contribution in [0.5, 0.6) is 5.75 Å². The number of hydrogen-bond donors (Lipinski definition) is 2. The molecule has 0 radical (unpaired) electrons. The Morgan fingerprint density at radius 2 is 2.35 bits per heavy atom. The van der Waals surface area contributed by atoms with E-state index in [2.05, 4.69) is 10.3 Å². The van der Waals surface area contributed by atoms with Gasteiger partial charge in [0.05, 0.1) is 11.8 Å². The zero-order valence-corrected chi connectivity index (χ0v) is 11.5. The number of nitrogens with zero attached hydrogens (tertiary/aromatic N) is 2. The first-order valence-corrected chi connectivity index (χ1v) is 6.74. The molecule has 20 heavy (non-hydrogen) atoms. The SMILES string of the molecule is CC(=O)N1CCC[C@@H](CNC(=O)c2ccncc2O)C1. The third kappa shape index (κ3) is 3.46. The average molecular weight is 277 g/mol. The Hall–Kier alpha value is -2.11. The number of aromatic nitrogens is 1. The van der Waals surface area contributed by atoms with Crippen molar-refractivity contribution in [1.82, 2.24) is 15.2 Å². The molecule has 0 saturated carbocycles. The van der Waals surface area contributed by atoms with E-state index in [4.69, 9.17) is 0 Å². The lowest BCUT2D eigenvalue weighted by atomic mass is 9.98. The molecule has 1 aliphatic rings. The Morgan fingerprint density at radius 1 is 1.55 bits per heavy atom. The molecule has 1 atom stereocenters. The summed E-state index contributed by atoms with van der Waals surface area (Å²) < 4.78 is 0. The summed E-state index contributed by atoms with van der Waals surface area (Å²) in [5, 5.41) is 12.4. The maximum Gasteiger partial charge on any atom is 0.255 e. The predicted molar refractivity (Wildman–Crippen MR) is 73.2 cm³/mol. The van der Waals surface area contributed by atoms with Crippen LogP contribution in [0.3, 0.4) is 0 Å². The van der Waals surface area contributed by atoms with E-state index >= 15 is 0 Å². The van der Waals surface area contributed by atoms with Crippen molar-refractivity contribution in [2.24, 2.45) is 5.92 Å². The molecule has 2 rings (SSSR count). The van der Waals surface area contributed by atoms with Crippen molar-refractivity contribution >= 4 is 11.8 Å². The van der Waals surface area contributed by atoms with Gasteiger partial charge < -0.3 is 15.3 Å². The summed E-state index contributed by atoms with van der Waals surface area (Å²) in [5.74, 6) is -0.0998. The molecule has 0 spiro atoms. The van der Waals surface area contributed by atoms with E-state index in [1.165, 1.54) is 18.5 Å². The van der Waals surface area contributed by atoms with Crippen LogP contribution in [-0.2, 0) is 4.79 Å². The summed E-state index contributed by atoms with van der Waals surface area (Å²) in [5.41, 5.74) is 0.222. The number of nitrogens with one attached hydrogen (secondary N) is 1. The highest BCUT2D eigenvalue weighted by Gasteiger charge is 2.22. The van der Waals surface area contributed by atoms with E-state index in [1.54, 1.807) is 6.92 Å². The summed E-state index contributed by atoms with van der Waals surface area (Å²) in [6.45, 7) is 3.54. The highest BCUT2D eigenvalue weighted by molar-refractivity contribution is 5.96. The molecule has 0 aliphatic carbocycles. The van der Waals surface area contributed by atoms with Crippen molar-refractivity contribution in [3.8, 4) is 5.75 Å². The molecule has 1 aliphatic heterocycles. The van der Waals surface area contributed by atoms with Crippen LogP contribution in [0.2, 0.25) is 0 Å². The molecular weight excluding hydrogens is 258 g/mol. The van der Waals surface area contributed by atoms with Crippen LogP contribution < -0.4 is 5.32 Å². The monoisotopic (exact) mass is 277 g/mol. The minimum Gasteiger partial charge on any atom is -0.505 e. The molecule has 1 aromatic heterocycles. The molecule has 0 unspecified atom stereocenters. The van der Waals surface area contributed by atoms with Crippen molar-refractivity contribution in [2.75, 3.05) is 19.6 Å². The molecule has 2 heterocycles. The molecule has 1 saturated heterocycles. The van der Waals surface area contributed by atoms with Crippen molar-refractivity contribution in [3.63, 3.8) is 0 Å². The van der Waals surface area contributed by atoms with Crippen molar-refractivity contribution < 1.29 is 14.7 Å². The molecule has 1 aromatic rings. The van der Waals surface area contributed by atoms with Gasteiger partial charge >= 0.3 is 0 Å². The second-order valence-corrected chi connectivity index (χ2v) is 5.08. The summed E-state index contributed by atoms with van der Waals surface area (Å²) in [4.78, 5) is 28.8.